The van der Waals surface area contributed by atoms with Crippen molar-refractivity contribution < 1.29 is 57.0 Å². The maximum atomic E-state index is 13.7. The molecule has 18 nitrogen and oxygen atoms in total. The highest BCUT2D eigenvalue weighted by Crippen LogP contribution is 2.41. The first-order valence-corrected chi connectivity index (χ1v) is 24.0. The first kappa shape index (κ1) is 51.5. The van der Waals surface area contributed by atoms with Crippen molar-refractivity contribution in [3.63, 3.8) is 0 Å². The van der Waals surface area contributed by atoms with Gasteiger partial charge in [-0.15, -0.1) is 0 Å². The molecule has 4 aliphatic rings. The molecule has 1 aromatic heterocycles. The van der Waals surface area contributed by atoms with E-state index < -0.39 is 0 Å². The molecule has 18 heteroatoms. The average Bonchev–Trinajstić information content (AvgIpc) is 3.94. The molecule has 0 saturated carbocycles. The van der Waals surface area contributed by atoms with Crippen LogP contribution >= 0.6 is 0 Å². The van der Waals surface area contributed by atoms with E-state index >= 15 is 0 Å². The molecule has 0 aliphatic carbocycles. The van der Waals surface area contributed by atoms with Crippen molar-refractivity contribution in [3.05, 3.63) is 82.2 Å². The lowest BCUT2D eigenvalue weighted by atomic mass is 10.1. The van der Waals surface area contributed by atoms with Crippen LogP contribution in [0.15, 0.2) is 69.7 Å². The van der Waals surface area contributed by atoms with Gasteiger partial charge in [0.05, 0.1) is 99.8 Å². The van der Waals surface area contributed by atoms with E-state index in [1.165, 1.54) is 25.4 Å². The fraction of sp³-hybridized carbons (Fsp3) is 0.500. The summed E-state index contributed by atoms with van der Waals surface area (Å²) in [6.45, 7) is 11.7. The van der Waals surface area contributed by atoms with Gasteiger partial charge in [0.25, 0.3) is 11.8 Å². The smallest absolute Gasteiger partial charge is 0.305 e. The number of ether oxygens (including phenoxy) is 9. The number of benzene rings is 2. The molecule has 376 valence electrons. The van der Waals surface area contributed by atoms with Gasteiger partial charge in [0.15, 0.2) is 23.0 Å². The minimum absolute atomic E-state index is 0.00844. The molecule has 0 N–H and O–H groups in total. The number of nitrogens with zero attached hydrogens (tertiary/aromatic N) is 6. The molecule has 70 heavy (non-hydrogen) atoms. The predicted molar refractivity (Wildman–Crippen MR) is 263 cm³/mol. The highest BCUT2D eigenvalue weighted by atomic mass is 16.5. The molecule has 2 atom stereocenters. The second kappa shape index (κ2) is 25.5. The Labute approximate surface area is 410 Å². The highest BCUT2D eigenvalue weighted by Gasteiger charge is 2.36. The van der Waals surface area contributed by atoms with Gasteiger partial charge < -0.3 is 52.4 Å². The summed E-state index contributed by atoms with van der Waals surface area (Å²) in [7, 11) is 4.69. The fourth-order valence-electron chi connectivity index (χ4n) is 8.65. The van der Waals surface area contributed by atoms with Crippen LogP contribution in [0.5, 0.6) is 28.7 Å². The number of fused-ring (bicyclic) bond motifs is 4. The van der Waals surface area contributed by atoms with Gasteiger partial charge in [-0.3, -0.25) is 34.3 Å². The van der Waals surface area contributed by atoms with Crippen LogP contribution in [0.25, 0.3) is 0 Å². The van der Waals surface area contributed by atoms with Crippen molar-refractivity contribution in [2.45, 2.75) is 71.8 Å². The van der Waals surface area contributed by atoms with E-state index in [4.69, 9.17) is 57.6 Å². The number of amides is 2. The van der Waals surface area contributed by atoms with Crippen molar-refractivity contribution in [1.29, 1.82) is 0 Å². The molecule has 0 spiro atoms. The Balaban J connectivity index is 1.09. The summed E-state index contributed by atoms with van der Waals surface area (Å²) in [4.78, 5) is 59.9. The second-order valence-corrected chi connectivity index (χ2v) is 17.1. The Morgan fingerprint density at radius 3 is 1.71 bits per heavy atom. The van der Waals surface area contributed by atoms with Gasteiger partial charge in [-0.05, 0) is 58.7 Å². The number of aliphatic imine (C=N–C) groups is 2. The SMILES string of the molecule is C/C=C1\CC2C=Nc3cc(OCc4cc(OCCN(CCCC(=O)OCC)CCOCCOCCOC)cc(COc5cc6c(cc5OC)C(=O)N5C/C(=C/C)C[C@H]5C=N6)n4)c(OC)cc3C(=O)N2C1. The molecule has 4 aliphatic heterocycles. The summed E-state index contributed by atoms with van der Waals surface area (Å²) in [5.74, 6) is 1.61. The maximum Gasteiger partial charge on any atom is 0.305 e. The van der Waals surface area contributed by atoms with Crippen LogP contribution in [0.3, 0.4) is 0 Å². The summed E-state index contributed by atoms with van der Waals surface area (Å²) in [6.07, 6.45) is 10.2. The third-order valence-corrected chi connectivity index (χ3v) is 12.5. The number of hydrogen-bond acceptors (Lipinski definition) is 16. The first-order valence-electron chi connectivity index (χ1n) is 24.0. The van der Waals surface area contributed by atoms with E-state index in [1.807, 2.05) is 36.1 Å². The van der Waals surface area contributed by atoms with Crippen molar-refractivity contribution in [2.24, 2.45) is 9.98 Å². The van der Waals surface area contributed by atoms with E-state index in [0.29, 0.717) is 154 Å². The Kier molecular flexibility index (Phi) is 18.8. The molecule has 3 aromatic rings. The molecule has 2 aromatic carbocycles. The van der Waals surface area contributed by atoms with Gasteiger partial charge >= 0.3 is 5.97 Å². The fourth-order valence-corrected chi connectivity index (χ4v) is 8.65. The van der Waals surface area contributed by atoms with Crippen LogP contribution in [-0.2, 0) is 37.0 Å². The number of aromatic nitrogens is 1. The molecule has 2 saturated heterocycles. The van der Waals surface area contributed by atoms with Crippen LogP contribution < -0.4 is 23.7 Å². The summed E-state index contributed by atoms with van der Waals surface area (Å²) in [6, 6.07) is 10.2. The van der Waals surface area contributed by atoms with Gasteiger partial charge in [0.2, 0.25) is 0 Å². The van der Waals surface area contributed by atoms with Crippen molar-refractivity contribution in [2.75, 3.05) is 100 Å². The molecule has 0 bridgehead atoms. The van der Waals surface area contributed by atoms with Crippen LogP contribution in [0.4, 0.5) is 11.4 Å². The number of allylic oxidation sites excluding steroid dienone is 2. The van der Waals surface area contributed by atoms with Crippen molar-refractivity contribution in [1.82, 2.24) is 19.7 Å². The molecule has 1 unspecified atom stereocenters. The van der Waals surface area contributed by atoms with Gasteiger partial charge in [-0.2, -0.15) is 0 Å². The zero-order valence-corrected chi connectivity index (χ0v) is 41.2. The Morgan fingerprint density at radius 1 is 0.671 bits per heavy atom. The average molecular weight is 967 g/mol. The van der Waals surface area contributed by atoms with Gasteiger partial charge in [-0.1, -0.05) is 23.3 Å². The van der Waals surface area contributed by atoms with E-state index in [2.05, 4.69) is 17.1 Å². The van der Waals surface area contributed by atoms with Gasteiger partial charge in [0, 0.05) is 76.4 Å². The summed E-state index contributed by atoms with van der Waals surface area (Å²) in [5, 5.41) is 0. The Morgan fingerprint density at radius 2 is 1.20 bits per heavy atom. The van der Waals surface area contributed by atoms with E-state index in [0.717, 1.165) is 12.8 Å². The maximum absolute atomic E-state index is 13.7. The number of carbonyl (C=O) groups excluding carboxylic acids is 3. The zero-order valence-electron chi connectivity index (χ0n) is 41.2. The monoisotopic (exact) mass is 966 g/mol. The van der Waals surface area contributed by atoms with Gasteiger partial charge in [0.1, 0.15) is 25.6 Å². The summed E-state index contributed by atoms with van der Waals surface area (Å²) >= 11 is 0. The number of esters is 1. The second-order valence-electron chi connectivity index (χ2n) is 17.1. The lowest BCUT2D eigenvalue weighted by Crippen LogP contribution is -2.35. The molecule has 2 fully saturated rings. The lowest BCUT2D eigenvalue weighted by molar-refractivity contribution is -0.143. The van der Waals surface area contributed by atoms with E-state index in [-0.39, 0.29) is 43.1 Å². The first-order chi connectivity index (χ1) is 34.1. The largest absolute Gasteiger partial charge is 0.493 e. The topological polar surface area (TPSA) is 182 Å². The molecule has 2 amide bonds. The number of rotatable bonds is 26. The number of hydrogen-bond donors (Lipinski definition) is 0. The standard InChI is InChI=1S/C52H66N6O12/c1-7-35-21-39-29-53-44-27-48(46(63-5)25-42(44)51(60)57(39)31-35)69-33-37-23-41(68-16-14-56(12-10-11-50(59)67-9-3)13-15-65-19-20-66-18-17-62-4)24-38(55-37)34-70-49-28-45-43(26-47(49)64-6)52(61)58-32-36(8-2)22-40(58)30-54-45/h7-8,23-30,39-40H,9-22,31-34H2,1-6H3/b35-7+,36-8+/t39-,40?/m0/s1. The molecular weight excluding hydrogens is 901 g/mol. The van der Waals surface area contributed by atoms with Crippen LogP contribution in [0.2, 0.25) is 0 Å². The quantitative estimate of drug-likeness (QED) is 0.0470. The third kappa shape index (κ3) is 13.3. The zero-order chi connectivity index (χ0) is 49.4. The third-order valence-electron chi connectivity index (χ3n) is 12.5. The van der Waals surface area contributed by atoms with E-state index in [1.54, 1.807) is 50.4 Å². The summed E-state index contributed by atoms with van der Waals surface area (Å²) in [5.41, 5.74) is 5.32. The highest BCUT2D eigenvalue weighted by molar-refractivity contribution is 6.04. The summed E-state index contributed by atoms with van der Waals surface area (Å²) < 4.78 is 52.3. The minimum Gasteiger partial charge on any atom is -0.493 e. The van der Waals surface area contributed by atoms with Crippen molar-refractivity contribution >= 4 is 41.6 Å². The Hall–Kier alpha value is -6.34. The number of methoxy groups -OCH3 is 3. The predicted octanol–water partition coefficient (Wildman–Crippen LogP) is 6.71. The molecule has 5 heterocycles. The molecule has 0 radical (unpaired) electrons. The van der Waals surface area contributed by atoms with Crippen LogP contribution in [-0.4, -0.2) is 162 Å². The molecular formula is C52H66N6O12. The normalized spacial score (nSPS) is 18.2. The number of carbonyl (C=O) groups is 3. The van der Waals surface area contributed by atoms with Crippen molar-refractivity contribution in [3.8, 4) is 28.7 Å². The van der Waals surface area contributed by atoms with Crippen LogP contribution in [0, 0.1) is 0 Å². The minimum atomic E-state index is -0.231. The molecule has 7 rings (SSSR count). The van der Waals surface area contributed by atoms with Crippen LogP contribution in [0.1, 0.15) is 78.6 Å². The van der Waals surface area contributed by atoms with Gasteiger partial charge in [-0.25, -0.2) is 0 Å². The van der Waals surface area contributed by atoms with E-state index in [9.17, 15) is 14.4 Å². The Bertz CT molecular complexity index is 2300. The lowest BCUT2D eigenvalue weighted by Gasteiger charge is -2.22. The number of pyridine rings is 1.